The topological polar surface area (TPSA) is 63.1 Å². The number of carbonyl (C=O) groups excluding carboxylic acids is 1. The van der Waals surface area contributed by atoms with Gasteiger partial charge in [-0.2, -0.15) is 0 Å². The van der Waals surface area contributed by atoms with Crippen LogP contribution in [0.3, 0.4) is 0 Å². The molecule has 1 aliphatic rings. The summed E-state index contributed by atoms with van der Waals surface area (Å²) in [5.41, 5.74) is 4.45. The molecule has 2 atom stereocenters. The molecule has 3 rings (SSSR count). The van der Waals surface area contributed by atoms with Crippen LogP contribution in [0.1, 0.15) is 44.1 Å². The van der Waals surface area contributed by atoms with Crippen molar-refractivity contribution in [2.75, 3.05) is 18.5 Å². The fourth-order valence-corrected chi connectivity index (χ4v) is 4.46. The predicted octanol–water partition coefficient (Wildman–Crippen LogP) is 3.65. The summed E-state index contributed by atoms with van der Waals surface area (Å²) in [5, 5.41) is 9.44. The van der Waals surface area contributed by atoms with Gasteiger partial charge in [0.25, 0.3) is 0 Å². The Balaban J connectivity index is 1.95. The van der Waals surface area contributed by atoms with Crippen LogP contribution in [-0.2, 0) is 4.79 Å². The molecule has 1 amide bonds. The smallest absolute Gasteiger partial charge is 0.238 e. The zero-order valence-electron chi connectivity index (χ0n) is 15.3. The van der Waals surface area contributed by atoms with Gasteiger partial charge in [-0.25, -0.2) is 4.68 Å². The van der Waals surface area contributed by atoms with Gasteiger partial charge < -0.3 is 10.3 Å². The highest BCUT2D eigenvalue weighted by molar-refractivity contribution is 8.00. The number of amides is 1. The highest BCUT2D eigenvalue weighted by atomic mass is 35.5. The first-order valence-corrected chi connectivity index (χ1v) is 10.2. The minimum absolute atomic E-state index is 0.137. The average molecular weight is 394 g/mol. The van der Waals surface area contributed by atoms with Gasteiger partial charge in [0, 0.05) is 18.1 Å². The van der Waals surface area contributed by atoms with Crippen LogP contribution in [0, 0.1) is 6.92 Å². The lowest BCUT2D eigenvalue weighted by atomic mass is 10.0. The second-order valence-corrected chi connectivity index (χ2v) is 7.93. The van der Waals surface area contributed by atoms with E-state index in [1.54, 1.807) is 0 Å². The number of nitrogens with one attached hydrogen (secondary N) is 1. The third-order valence-electron chi connectivity index (χ3n) is 4.37. The van der Waals surface area contributed by atoms with E-state index >= 15 is 0 Å². The number of thioether (sulfide) groups is 1. The molecule has 2 heterocycles. The van der Waals surface area contributed by atoms with Crippen molar-refractivity contribution in [2.45, 2.75) is 50.1 Å². The molecule has 0 bridgehead atoms. The van der Waals surface area contributed by atoms with Crippen LogP contribution in [-0.4, -0.2) is 44.0 Å². The van der Waals surface area contributed by atoms with Gasteiger partial charge in [-0.3, -0.25) is 4.79 Å². The van der Waals surface area contributed by atoms with Crippen molar-refractivity contribution in [1.82, 2.24) is 19.8 Å². The maximum Gasteiger partial charge on any atom is 0.238 e. The Bertz CT molecular complexity index is 757. The normalized spacial score (nSPS) is 18.9. The SMILES string of the molecule is CCCN(CCC)C(=O)[C@@H]1Sc2nnc(C)n2N[C@H]1c1ccc(Cl)cc1. The minimum atomic E-state index is -0.301. The van der Waals surface area contributed by atoms with Crippen LogP contribution in [0.25, 0.3) is 0 Å². The van der Waals surface area contributed by atoms with Gasteiger partial charge in [0.2, 0.25) is 11.1 Å². The van der Waals surface area contributed by atoms with Gasteiger partial charge in [-0.1, -0.05) is 49.3 Å². The molecule has 0 spiro atoms. The largest absolute Gasteiger partial charge is 0.342 e. The Labute approximate surface area is 163 Å². The van der Waals surface area contributed by atoms with Crippen LogP contribution < -0.4 is 5.43 Å². The summed E-state index contributed by atoms with van der Waals surface area (Å²) in [6.07, 6.45) is 1.88. The molecule has 26 heavy (non-hydrogen) atoms. The van der Waals surface area contributed by atoms with E-state index in [1.165, 1.54) is 11.8 Å². The Morgan fingerprint density at radius 3 is 2.50 bits per heavy atom. The number of benzene rings is 1. The third kappa shape index (κ3) is 3.83. The van der Waals surface area contributed by atoms with E-state index in [0.29, 0.717) is 5.02 Å². The maximum atomic E-state index is 13.3. The van der Waals surface area contributed by atoms with E-state index in [2.05, 4.69) is 29.5 Å². The lowest BCUT2D eigenvalue weighted by Gasteiger charge is -2.35. The highest BCUT2D eigenvalue weighted by Crippen LogP contribution is 2.38. The number of rotatable bonds is 6. The molecule has 1 aromatic carbocycles. The van der Waals surface area contributed by atoms with Gasteiger partial charge >= 0.3 is 0 Å². The number of carbonyl (C=O) groups is 1. The first-order valence-electron chi connectivity index (χ1n) is 8.94. The molecule has 8 heteroatoms. The quantitative estimate of drug-likeness (QED) is 0.811. The fourth-order valence-electron chi connectivity index (χ4n) is 3.12. The molecule has 6 nitrogen and oxygen atoms in total. The van der Waals surface area contributed by atoms with Crippen LogP contribution in [0.15, 0.2) is 29.4 Å². The number of halogens is 1. The number of fused-ring (bicyclic) bond motifs is 1. The molecule has 0 unspecified atom stereocenters. The van der Waals surface area contributed by atoms with Crippen molar-refractivity contribution in [1.29, 1.82) is 0 Å². The van der Waals surface area contributed by atoms with Crippen molar-refractivity contribution in [3.05, 3.63) is 40.7 Å². The Morgan fingerprint density at radius 1 is 1.23 bits per heavy atom. The summed E-state index contributed by atoms with van der Waals surface area (Å²) in [6, 6.07) is 7.47. The van der Waals surface area contributed by atoms with E-state index < -0.39 is 0 Å². The minimum Gasteiger partial charge on any atom is -0.342 e. The number of hydrogen-bond acceptors (Lipinski definition) is 5. The summed E-state index contributed by atoms with van der Waals surface area (Å²) < 4.78 is 1.86. The van der Waals surface area contributed by atoms with Gasteiger partial charge in [-0.15, -0.1) is 10.2 Å². The molecule has 0 aliphatic carbocycles. The maximum absolute atomic E-state index is 13.3. The highest BCUT2D eigenvalue weighted by Gasteiger charge is 2.39. The molecule has 0 fully saturated rings. The first-order chi connectivity index (χ1) is 12.5. The predicted molar refractivity (Wildman–Crippen MR) is 105 cm³/mol. The second kappa shape index (κ2) is 8.31. The zero-order chi connectivity index (χ0) is 18.7. The van der Waals surface area contributed by atoms with E-state index in [-0.39, 0.29) is 17.2 Å². The average Bonchev–Trinajstić information content (AvgIpc) is 3.01. The molecule has 0 saturated heterocycles. The molecule has 0 saturated carbocycles. The summed E-state index contributed by atoms with van der Waals surface area (Å²) in [7, 11) is 0. The first kappa shape index (κ1) is 19.0. The van der Waals surface area contributed by atoms with Gasteiger partial charge in [0.05, 0.1) is 6.04 Å². The monoisotopic (exact) mass is 393 g/mol. The van der Waals surface area contributed by atoms with Gasteiger partial charge in [0.15, 0.2) is 0 Å². The number of nitrogens with zero attached hydrogens (tertiary/aromatic N) is 4. The molecule has 1 N–H and O–H groups in total. The fraction of sp³-hybridized carbons (Fsp3) is 0.500. The van der Waals surface area contributed by atoms with Gasteiger partial charge in [0.1, 0.15) is 11.1 Å². The standard InChI is InChI=1S/C18H24ClN5OS/c1-4-10-23(11-5-2)17(25)16-15(13-6-8-14(19)9-7-13)22-24-12(3)20-21-18(24)26-16/h6-9,15-16,22H,4-5,10-11H2,1-3H3/t15-,16+/m0/s1. The Morgan fingerprint density at radius 2 is 1.88 bits per heavy atom. The molecule has 140 valence electrons. The van der Waals surface area contributed by atoms with Crippen molar-refractivity contribution < 1.29 is 4.79 Å². The second-order valence-electron chi connectivity index (χ2n) is 6.39. The van der Waals surface area contributed by atoms with Crippen LogP contribution in [0.4, 0.5) is 0 Å². The third-order valence-corrected chi connectivity index (χ3v) is 5.82. The Hall–Kier alpha value is -1.73. The van der Waals surface area contributed by atoms with E-state index in [4.69, 9.17) is 11.6 Å². The number of hydrogen-bond donors (Lipinski definition) is 1. The molecular weight excluding hydrogens is 370 g/mol. The van der Waals surface area contributed by atoms with E-state index in [1.807, 2.05) is 40.8 Å². The van der Waals surface area contributed by atoms with Crippen LogP contribution in [0.2, 0.25) is 5.02 Å². The molecule has 1 aromatic heterocycles. The lowest BCUT2D eigenvalue weighted by Crippen LogP contribution is -2.46. The van der Waals surface area contributed by atoms with E-state index in [9.17, 15) is 4.79 Å². The van der Waals surface area contributed by atoms with Crippen LogP contribution >= 0.6 is 23.4 Å². The van der Waals surface area contributed by atoms with Gasteiger partial charge in [-0.05, 0) is 37.5 Å². The summed E-state index contributed by atoms with van der Waals surface area (Å²) in [6.45, 7) is 7.62. The van der Waals surface area contributed by atoms with Crippen LogP contribution in [0.5, 0.6) is 0 Å². The van der Waals surface area contributed by atoms with Crippen molar-refractivity contribution in [2.24, 2.45) is 0 Å². The summed E-state index contributed by atoms with van der Waals surface area (Å²) in [4.78, 5) is 15.3. The molecule has 2 aromatic rings. The Kier molecular flexibility index (Phi) is 6.09. The summed E-state index contributed by atoms with van der Waals surface area (Å²) in [5.74, 6) is 0.911. The lowest BCUT2D eigenvalue weighted by molar-refractivity contribution is -0.131. The zero-order valence-corrected chi connectivity index (χ0v) is 16.8. The molecule has 1 aliphatic heterocycles. The van der Waals surface area contributed by atoms with Crippen molar-refractivity contribution >= 4 is 29.3 Å². The molecular formula is C18H24ClN5OS. The van der Waals surface area contributed by atoms with E-state index in [0.717, 1.165) is 42.5 Å². The van der Waals surface area contributed by atoms with Crippen molar-refractivity contribution in [3.8, 4) is 0 Å². The molecule has 0 radical (unpaired) electrons. The van der Waals surface area contributed by atoms with Crippen molar-refractivity contribution in [3.63, 3.8) is 0 Å². The number of aromatic nitrogens is 3. The summed E-state index contributed by atoms with van der Waals surface area (Å²) >= 11 is 7.52. The number of aryl methyl sites for hydroxylation is 1.